The molecule has 2 rings (SSSR count). The van der Waals surface area contributed by atoms with Crippen LogP contribution in [-0.2, 0) is 0 Å². The van der Waals surface area contributed by atoms with Gasteiger partial charge in [0.2, 0.25) is 0 Å². The van der Waals surface area contributed by atoms with Gasteiger partial charge >= 0.3 is 0 Å². The average molecular weight is 312 g/mol. The van der Waals surface area contributed by atoms with Crippen LogP contribution in [0.5, 0.6) is 0 Å². The van der Waals surface area contributed by atoms with Gasteiger partial charge in [0.25, 0.3) is 0 Å². The Morgan fingerprint density at radius 2 is 2.17 bits per heavy atom. The molecule has 0 aliphatic carbocycles. The van der Waals surface area contributed by atoms with E-state index in [4.69, 9.17) is 5.73 Å². The highest BCUT2D eigenvalue weighted by atomic mass is 79.9. The maximum atomic E-state index is 5.97. The largest absolute Gasteiger partial charge is 0.366 e. The quantitative estimate of drug-likeness (QED) is 0.909. The number of nitrogens with two attached hydrogens (primary N) is 1. The van der Waals surface area contributed by atoms with Gasteiger partial charge in [-0.05, 0) is 50.7 Å². The summed E-state index contributed by atoms with van der Waals surface area (Å²) in [6.07, 6.45) is 1.20. The molecule has 0 saturated carbocycles. The Bertz CT molecular complexity index is 408. The number of nitrogens with zero attached hydrogens (tertiary/aromatic N) is 2. The van der Waals surface area contributed by atoms with Crippen molar-refractivity contribution in [3.8, 4) is 0 Å². The molecular formula is C14H22BrN3. The Hall–Kier alpha value is -0.580. The third kappa shape index (κ3) is 3.05. The van der Waals surface area contributed by atoms with Gasteiger partial charge in [0, 0.05) is 29.8 Å². The second-order valence-electron chi connectivity index (χ2n) is 5.13. The first-order valence-corrected chi connectivity index (χ1v) is 7.32. The summed E-state index contributed by atoms with van der Waals surface area (Å²) in [5.41, 5.74) is 8.60. The van der Waals surface area contributed by atoms with Crippen LogP contribution in [0.15, 0.2) is 22.7 Å². The van der Waals surface area contributed by atoms with E-state index in [9.17, 15) is 0 Å². The van der Waals surface area contributed by atoms with Gasteiger partial charge in [0.1, 0.15) is 0 Å². The van der Waals surface area contributed by atoms with Crippen LogP contribution in [0.1, 0.15) is 12.0 Å². The van der Waals surface area contributed by atoms with Crippen molar-refractivity contribution >= 4 is 21.6 Å². The molecule has 3 nitrogen and oxygen atoms in total. The summed E-state index contributed by atoms with van der Waals surface area (Å²) in [7, 11) is 2.18. The molecule has 0 amide bonds. The number of hydrogen-bond acceptors (Lipinski definition) is 3. The van der Waals surface area contributed by atoms with Crippen molar-refractivity contribution in [1.82, 2.24) is 4.90 Å². The Morgan fingerprint density at radius 3 is 2.83 bits per heavy atom. The fourth-order valence-corrected chi connectivity index (χ4v) is 3.18. The average Bonchev–Trinajstić information content (AvgIpc) is 2.51. The van der Waals surface area contributed by atoms with Crippen LogP contribution in [0, 0.1) is 6.92 Å². The SMILES string of the molecule is Cc1cc(Br)ccc1N1CCCN(C)CC1CN. The fourth-order valence-electron chi connectivity index (χ4n) is 2.70. The first-order chi connectivity index (χ1) is 8.61. The topological polar surface area (TPSA) is 32.5 Å². The van der Waals surface area contributed by atoms with Crippen molar-refractivity contribution in [3.63, 3.8) is 0 Å². The third-order valence-corrected chi connectivity index (χ3v) is 4.14. The van der Waals surface area contributed by atoms with Gasteiger partial charge in [-0.3, -0.25) is 0 Å². The minimum absolute atomic E-state index is 0.414. The maximum Gasteiger partial charge on any atom is 0.0539 e. The van der Waals surface area contributed by atoms with Gasteiger partial charge in [-0.15, -0.1) is 0 Å². The van der Waals surface area contributed by atoms with E-state index < -0.39 is 0 Å². The predicted molar refractivity (Wildman–Crippen MR) is 81.2 cm³/mol. The zero-order valence-electron chi connectivity index (χ0n) is 11.2. The molecule has 0 aromatic heterocycles. The lowest BCUT2D eigenvalue weighted by molar-refractivity contribution is 0.332. The number of anilines is 1. The minimum atomic E-state index is 0.414. The molecule has 1 aromatic rings. The molecule has 1 atom stereocenters. The normalized spacial score (nSPS) is 22.0. The van der Waals surface area contributed by atoms with E-state index in [0.29, 0.717) is 12.6 Å². The summed E-state index contributed by atoms with van der Waals surface area (Å²) >= 11 is 3.53. The molecule has 0 spiro atoms. The Balaban J connectivity index is 2.28. The van der Waals surface area contributed by atoms with Crippen molar-refractivity contribution in [2.45, 2.75) is 19.4 Å². The summed E-state index contributed by atoms with van der Waals surface area (Å²) in [4.78, 5) is 4.86. The van der Waals surface area contributed by atoms with Crippen LogP contribution in [-0.4, -0.2) is 44.2 Å². The lowest BCUT2D eigenvalue weighted by atomic mass is 10.1. The summed E-state index contributed by atoms with van der Waals surface area (Å²) in [5, 5.41) is 0. The predicted octanol–water partition coefficient (Wildman–Crippen LogP) is 2.23. The van der Waals surface area contributed by atoms with Crippen LogP contribution in [0.3, 0.4) is 0 Å². The minimum Gasteiger partial charge on any atom is -0.366 e. The lowest BCUT2D eigenvalue weighted by Crippen LogP contribution is -2.45. The number of aryl methyl sites for hydroxylation is 1. The van der Waals surface area contributed by atoms with E-state index in [1.54, 1.807) is 0 Å². The number of rotatable bonds is 2. The standard InChI is InChI=1S/C14H22BrN3/c1-11-8-12(15)4-5-14(11)18-7-3-6-17(2)10-13(18)9-16/h4-5,8,13H,3,6-7,9-10,16H2,1-2H3. The molecule has 1 heterocycles. The molecule has 1 aliphatic heterocycles. The fraction of sp³-hybridized carbons (Fsp3) is 0.571. The first-order valence-electron chi connectivity index (χ1n) is 6.53. The van der Waals surface area contributed by atoms with Gasteiger partial charge in [-0.25, -0.2) is 0 Å². The van der Waals surface area contributed by atoms with Crippen molar-refractivity contribution < 1.29 is 0 Å². The van der Waals surface area contributed by atoms with Gasteiger partial charge in [-0.1, -0.05) is 15.9 Å². The van der Waals surface area contributed by atoms with Crippen molar-refractivity contribution in [2.75, 3.05) is 38.1 Å². The molecule has 0 radical (unpaired) electrons. The summed E-state index contributed by atoms with van der Waals surface area (Å²) in [5.74, 6) is 0. The zero-order valence-corrected chi connectivity index (χ0v) is 12.8. The molecule has 1 aromatic carbocycles. The molecule has 1 aliphatic rings. The Morgan fingerprint density at radius 1 is 1.39 bits per heavy atom. The Labute approximate surface area is 118 Å². The first kappa shape index (κ1) is 13.8. The second-order valence-corrected chi connectivity index (χ2v) is 6.05. The van der Waals surface area contributed by atoms with E-state index in [-0.39, 0.29) is 0 Å². The summed E-state index contributed by atoms with van der Waals surface area (Å²) in [6.45, 7) is 6.17. The molecule has 100 valence electrons. The van der Waals surface area contributed by atoms with Gasteiger partial charge in [0.05, 0.1) is 6.04 Å². The van der Waals surface area contributed by atoms with E-state index >= 15 is 0 Å². The van der Waals surface area contributed by atoms with Crippen LogP contribution < -0.4 is 10.6 Å². The molecule has 4 heteroatoms. The molecule has 18 heavy (non-hydrogen) atoms. The smallest absolute Gasteiger partial charge is 0.0539 e. The van der Waals surface area contributed by atoms with Gasteiger partial charge in [-0.2, -0.15) is 0 Å². The molecule has 1 fully saturated rings. The van der Waals surface area contributed by atoms with E-state index in [2.05, 4.69) is 57.9 Å². The number of benzene rings is 1. The number of halogens is 1. The second kappa shape index (κ2) is 6.04. The monoisotopic (exact) mass is 311 g/mol. The number of likely N-dealkylation sites (N-methyl/N-ethyl adjacent to an activating group) is 1. The van der Waals surface area contributed by atoms with E-state index in [0.717, 1.165) is 24.1 Å². The highest BCUT2D eigenvalue weighted by Gasteiger charge is 2.23. The summed E-state index contributed by atoms with van der Waals surface area (Å²) in [6, 6.07) is 6.91. The van der Waals surface area contributed by atoms with Crippen LogP contribution in [0.2, 0.25) is 0 Å². The van der Waals surface area contributed by atoms with Gasteiger partial charge in [0.15, 0.2) is 0 Å². The number of hydrogen-bond donors (Lipinski definition) is 1. The van der Waals surface area contributed by atoms with Crippen LogP contribution in [0.4, 0.5) is 5.69 Å². The molecule has 1 saturated heterocycles. The van der Waals surface area contributed by atoms with Crippen molar-refractivity contribution in [2.24, 2.45) is 5.73 Å². The zero-order chi connectivity index (χ0) is 13.1. The van der Waals surface area contributed by atoms with Crippen molar-refractivity contribution in [1.29, 1.82) is 0 Å². The van der Waals surface area contributed by atoms with E-state index in [1.165, 1.54) is 17.7 Å². The van der Waals surface area contributed by atoms with Crippen LogP contribution in [0.25, 0.3) is 0 Å². The van der Waals surface area contributed by atoms with Crippen LogP contribution >= 0.6 is 15.9 Å². The third-order valence-electron chi connectivity index (χ3n) is 3.64. The molecule has 2 N–H and O–H groups in total. The molecule has 0 bridgehead atoms. The highest BCUT2D eigenvalue weighted by molar-refractivity contribution is 9.10. The highest BCUT2D eigenvalue weighted by Crippen LogP contribution is 2.26. The Kier molecular flexibility index (Phi) is 4.65. The molecular weight excluding hydrogens is 290 g/mol. The lowest BCUT2D eigenvalue weighted by Gasteiger charge is -2.33. The summed E-state index contributed by atoms with van der Waals surface area (Å²) < 4.78 is 1.14. The molecule has 1 unspecified atom stereocenters. The maximum absolute atomic E-state index is 5.97. The van der Waals surface area contributed by atoms with Gasteiger partial charge < -0.3 is 15.5 Å². The van der Waals surface area contributed by atoms with E-state index in [1.807, 2.05) is 0 Å². The van der Waals surface area contributed by atoms with Crippen molar-refractivity contribution in [3.05, 3.63) is 28.2 Å².